The van der Waals surface area contributed by atoms with E-state index in [4.69, 9.17) is 15.5 Å². The lowest BCUT2D eigenvalue weighted by Gasteiger charge is -2.40. The number of hydrogen-bond donors (Lipinski definition) is 1. The number of nitrogens with two attached hydrogens (primary N) is 1. The summed E-state index contributed by atoms with van der Waals surface area (Å²) in [6.45, 7) is 12.4. The number of carbonyl (C=O) groups is 1. The monoisotopic (exact) mass is 530 g/mol. The van der Waals surface area contributed by atoms with Crippen molar-refractivity contribution in [1.29, 1.82) is 5.26 Å². The Morgan fingerprint density at radius 3 is 2.64 bits per heavy atom. The third kappa shape index (κ3) is 6.35. The van der Waals surface area contributed by atoms with Crippen molar-refractivity contribution in [2.24, 2.45) is 5.73 Å². The molecule has 1 aliphatic rings. The molecule has 1 aromatic heterocycles. The van der Waals surface area contributed by atoms with Crippen LogP contribution in [0.5, 0.6) is 5.75 Å². The highest BCUT2D eigenvalue weighted by molar-refractivity contribution is 5.76. The Labute approximate surface area is 229 Å². The lowest BCUT2D eigenvalue weighted by Crippen LogP contribution is -2.54. The van der Waals surface area contributed by atoms with Crippen LogP contribution in [-0.2, 0) is 11.4 Å². The molecular formula is C30H35FN6O2. The van der Waals surface area contributed by atoms with Gasteiger partial charge in [0.15, 0.2) is 5.82 Å². The minimum atomic E-state index is -0.496. The molecular weight excluding hydrogens is 495 g/mol. The lowest BCUT2D eigenvalue weighted by atomic mass is 10.0. The molecule has 39 heavy (non-hydrogen) atoms. The number of anilines is 1. The van der Waals surface area contributed by atoms with Crippen LogP contribution in [0.1, 0.15) is 54.6 Å². The first-order chi connectivity index (χ1) is 18.6. The topological polar surface area (TPSA) is 108 Å². The summed E-state index contributed by atoms with van der Waals surface area (Å²) >= 11 is 0. The van der Waals surface area contributed by atoms with Gasteiger partial charge in [0, 0.05) is 25.7 Å². The number of benzene rings is 2. The van der Waals surface area contributed by atoms with Crippen molar-refractivity contribution in [3.8, 4) is 23.2 Å². The van der Waals surface area contributed by atoms with Gasteiger partial charge in [-0.05, 0) is 62.1 Å². The summed E-state index contributed by atoms with van der Waals surface area (Å²) in [7, 11) is 0. The summed E-state index contributed by atoms with van der Waals surface area (Å²) in [6, 6.07) is 12.5. The average Bonchev–Trinajstić information content (AvgIpc) is 2.89. The summed E-state index contributed by atoms with van der Waals surface area (Å²) in [6.07, 6.45) is 0. The van der Waals surface area contributed by atoms with Crippen molar-refractivity contribution >= 4 is 11.7 Å². The van der Waals surface area contributed by atoms with Gasteiger partial charge < -0.3 is 15.4 Å². The summed E-state index contributed by atoms with van der Waals surface area (Å²) in [5, 5.41) is 9.35. The molecule has 9 heteroatoms. The van der Waals surface area contributed by atoms with E-state index < -0.39 is 5.82 Å². The highest BCUT2D eigenvalue weighted by Crippen LogP contribution is 2.31. The molecule has 0 spiro atoms. The number of piperazine rings is 1. The molecule has 8 nitrogen and oxygen atoms in total. The highest BCUT2D eigenvalue weighted by atomic mass is 19.1. The number of carbonyl (C=O) groups excluding carboxylic acids is 1. The van der Waals surface area contributed by atoms with E-state index in [1.54, 1.807) is 0 Å². The van der Waals surface area contributed by atoms with Gasteiger partial charge in [0.1, 0.15) is 24.0 Å². The van der Waals surface area contributed by atoms with Crippen molar-refractivity contribution < 1.29 is 13.9 Å². The quantitative estimate of drug-likeness (QED) is 0.458. The first-order valence-electron chi connectivity index (χ1n) is 13.2. The van der Waals surface area contributed by atoms with Gasteiger partial charge in [0.25, 0.3) is 0 Å². The van der Waals surface area contributed by atoms with Crippen molar-refractivity contribution in [2.75, 3.05) is 31.1 Å². The fourth-order valence-corrected chi connectivity index (χ4v) is 4.80. The van der Waals surface area contributed by atoms with Crippen LogP contribution in [0.4, 0.5) is 10.2 Å². The number of nitrogens with zero attached hydrogens (tertiary/aromatic N) is 5. The van der Waals surface area contributed by atoms with Crippen LogP contribution in [0.2, 0.25) is 0 Å². The SMILES string of the molecule is Cc1ccc(C(C)C)cc1OCc1c(C)nc(-c2cc(C#N)ccc2F)nc1N1CCN(CC(N)=O)[C@H](C)C1. The van der Waals surface area contributed by atoms with Gasteiger partial charge in [-0.3, -0.25) is 9.69 Å². The van der Waals surface area contributed by atoms with Crippen molar-refractivity contribution in [3.05, 3.63) is 70.2 Å². The van der Waals surface area contributed by atoms with Crippen LogP contribution in [0, 0.1) is 31.0 Å². The van der Waals surface area contributed by atoms with Gasteiger partial charge in [-0.15, -0.1) is 0 Å². The zero-order valence-corrected chi connectivity index (χ0v) is 23.2. The molecule has 2 N–H and O–H groups in total. The Morgan fingerprint density at radius 2 is 1.97 bits per heavy atom. The molecule has 1 aliphatic heterocycles. The summed E-state index contributed by atoms with van der Waals surface area (Å²) < 4.78 is 21.2. The summed E-state index contributed by atoms with van der Waals surface area (Å²) in [4.78, 5) is 25.2. The molecule has 204 valence electrons. The van der Waals surface area contributed by atoms with Crippen LogP contribution >= 0.6 is 0 Å². The number of aromatic nitrogens is 2. The van der Waals surface area contributed by atoms with Crippen molar-refractivity contribution in [3.63, 3.8) is 0 Å². The molecule has 2 heterocycles. The maximum atomic E-state index is 14.9. The van der Waals surface area contributed by atoms with Gasteiger partial charge >= 0.3 is 0 Å². The molecule has 4 rings (SSSR count). The van der Waals surface area contributed by atoms with E-state index in [1.807, 2.05) is 25.7 Å². The molecule has 2 aromatic carbocycles. The molecule has 0 saturated carbocycles. The third-order valence-electron chi connectivity index (χ3n) is 7.20. The first-order valence-corrected chi connectivity index (χ1v) is 13.2. The van der Waals surface area contributed by atoms with Crippen LogP contribution in [0.25, 0.3) is 11.4 Å². The van der Waals surface area contributed by atoms with Crippen LogP contribution < -0.4 is 15.4 Å². The maximum absolute atomic E-state index is 14.9. The second-order valence-electron chi connectivity index (χ2n) is 10.4. The predicted octanol–water partition coefficient (Wildman–Crippen LogP) is 4.47. The maximum Gasteiger partial charge on any atom is 0.231 e. The number of primary amides is 1. The van der Waals surface area contributed by atoms with Gasteiger partial charge in [0.2, 0.25) is 5.91 Å². The number of nitriles is 1. The Balaban J connectivity index is 1.74. The highest BCUT2D eigenvalue weighted by Gasteiger charge is 2.28. The van der Waals surface area contributed by atoms with Crippen LogP contribution in [0.15, 0.2) is 36.4 Å². The minimum Gasteiger partial charge on any atom is -0.488 e. The minimum absolute atomic E-state index is 0.0439. The van der Waals surface area contributed by atoms with Crippen molar-refractivity contribution in [2.45, 2.75) is 53.2 Å². The predicted molar refractivity (Wildman–Crippen MR) is 149 cm³/mol. The van der Waals surface area contributed by atoms with Gasteiger partial charge in [-0.1, -0.05) is 26.0 Å². The lowest BCUT2D eigenvalue weighted by molar-refractivity contribution is -0.119. The van der Waals surface area contributed by atoms with E-state index in [-0.39, 0.29) is 36.5 Å². The standard InChI is InChI=1S/C30H35FN6O2/c1-18(2)23-8-6-19(3)27(13-23)39-17-25-21(5)34-29(24-12-22(14-32)7-9-26(24)31)35-30(25)37-11-10-36(16-28(33)38)20(4)15-37/h6-9,12-13,18,20H,10-11,15-17H2,1-5H3,(H2,33,38)/t20-/m1/s1. The van der Waals surface area contributed by atoms with E-state index in [0.717, 1.165) is 16.9 Å². The van der Waals surface area contributed by atoms with E-state index in [2.05, 4.69) is 48.0 Å². The van der Waals surface area contributed by atoms with Crippen LogP contribution in [0.3, 0.4) is 0 Å². The zero-order valence-electron chi connectivity index (χ0n) is 23.2. The Hall–Kier alpha value is -4.03. The average molecular weight is 531 g/mol. The number of rotatable bonds is 8. The van der Waals surface area contributed by atoms with Gasteiger partial charge in [0.05, 0.1) is 35.0 Å². The molecule has 1 saturated heterocycles. The molecule has 1 fully saturated rings. The molecule has 3 aromatic rings. The van der Waals surface area contributed by atoms with Crippen LogP contribution in [-0.4, -0.2) is 53.0 Å². The third-order valence-corrected chi connectivity index (χ3v) is 7.20. The molecule has 0 aliphatic carbocycles. The van der Waals surface area contributed by atoms with Gasteiger partial charge in [-0.25, -0.2) is 14.4 Å². The molecule has 0 radical (unpaired) electrons. The number of hydrogen-bond acceptors (Lipinski definition) is 7. The summed E-state index contributed by atoms with van der Waals surface area (Å²) in [5.41, 5.74) is 9.63. The second kappa shape index (κ2) is 11.8. The largest absolute Gasteiger partial charge is 0.488 e. The molecule has 1 amide bonds. The molecule has 0 bridgehead atoms. The fourth-order valence-electron chi connectivity index (χ4n) is 4.80. The summed E-state index contributed by atoms with van der Waals surface area (Å²) in [5.74, 6) is 1.17. The number of halogens is 1. The van der Waals surface area contributed by atoms with E-state index in [1.165, 1.54) is 23.8 Å². The Kier molecular flexibility index (Phi) is 8.46. The normalized spacial score (nSPS) is 15.8. The number of ether oxygens (including phenoxy) is 1. The number of aryl methyl sites for hydroxylation is 2. The Bertz CT molecular complexity index is 1420. The zero-order chi connectivity index (χ0) is 28.3. The second-order valence-corrected chi connectivity index (χ2v) is 10.4. The molecule has 0 unspecified atom stereocenters. The number of amides is 1. The van der Waals surface area contributed by atoms with Gasteiger partial charge in [-0.2, -0.15) is 5.26 Å². The smallest absolute Gasteiger partial charge is 0.231 e. The van der Waals surface area contributed by atoms with E-state index >= 15 is 0 Å². The first kappa shape index (κ1) is 28.0. The van der Waals surface area contributed by atoms with Crippen molar-refractivity contribution in [1.82, 2.24) is 14.9 Å². The Morgan fingerprint density at radius 1 is 1.21 bits per heavy atom. The molecule has 1 atom stereocenters. The fraction of sp³-hybridized carbons (Fsp3) is 0.400. The van der Waals surface area contributed by atoms with E-state index in [9.17, 15) is 14.4 Å². The van der Waals surface area contributed by atoms with E-state index in [0.29, 0.717) is 42.6 Å².